The van der Waals surface area contributed by atoms with Gasteiger partial charge in [0.25, 0.3) is 0 Å². The first-order valence-electron chi connectivity index (χ1n) is 6.02. The standard InChI is InChI=1S/C15H11BrI2O3/c16-11-3-1-2-9(4-11)8-21-15-12(17)5-10(6-13(15)18)7-14(19)20/h1-6H,7-8H2,(H,19,20). The number of carboxylic acids is 1. The molecule has 0 aliphatic rings. The number of benzene rings is 2. The predicted octanol–water partition coefficient (Wildman–Crippen LogP) is 4.86. The van der Waals surface area contributed by atoms with E-state index in [1.807, 2.05) is 36.4 Å². The molecular weight excluding hydrogens is 562 g/mol. The lowest BCUT2D eigenvalue weighted by Gasteiger charge is -2.12. The average Bonchev–Trinajstić information content (AvgIpc) is 2.37. The molecule has 0 bridgehead atoms. The van der Waals surface area contributed by atoms with Crippen molar-refractivity contribution in [2.75, 3.05) is 0 Å². The maximum atomic E-state index is 10.8. The zero-order chi connectivity index (χ0) is 15.4. The SMILES string of the molecule is O=C(O)Cc1cc(I)c(OCc2cccc(Br)c2)c(I)c1. The molecule has 2 aromatic rings. The molecule has 6 heteroatoms. The van der Waals surface area contributed by atoms with E-state index in [1.54, 1.807) is 0 Å². The van der Waals surface area contributed by atoms with Crippen molar-refractivity contribution in [1.82, 2.24) is 0 Å². The van der Waals surface area contributed by atoms with Crippen LogP contribution in [-0.2, 0) is 17.8 Å². The third-order valence-electron chi connectivity index (χ3n) is 2.69. The predicted molar refractivity (Wildman–Crippen MR) is 102 cm³/mol. The normalized spacial score (nSPS) is 10.4. The monoisotopic (exact) mass is 572 g/mol. The minimum Gasteiger partial charge on any atom is -0.487 e. The van der Waals surface area contributed by atoms with Crippen molar-refractivity contribution >= 4 is 67.1 Å². The number of carboxylic acid groups (broad SMARTS) is 1. The van der Waals surface area contributed by atoms with Crippen LogP contribution < -0.4 is 4.74 Å². The first-order chi connectivity index (χ1) is 9.95. The lowest BCUT2D eigenvalue weighted by molar-refractivity contribution is -0.136. The Morgan fingerprint density at radius 3 is 2.38 bits per heavy atom. The van der Waals surface area contributed by atoms with Crippen LogP contribution in [0.5, 0.6) is 5.75 Å². The maximum Gasteiger partial charge on any atom is 0.307 e. The van der Waals surface area contributed by atoms with E-state index in [-0.39, 0.29) is 6.42 Å². The molecule has 2 aromatic carbocycles. The minimum absolute atomic E-state index is 0.0257. The molecule has 0 amide bonds. The molecule has 0 heterocycles. The first kappa shape index (κ1) is 17.0. The van der Waals surface area contributed by atoms with Crippen LogP contribution in [-0.4, -0.2) is 11.1 Å². The van der Waals surface area contributed by atoms with Crippen LogP contribution in [0.25, 0.3) is 0 Å². The molecule has 0 radical (unpaired) electrons. The van der Waals surface area contributed by atoms with Gasteiger partial charge in [-0.25, -0.2) is 0 Å². The molecule has 1 N–H and O–H groups in total. The summed E-state index contributed by atoms with van der Waals surface area (Å²) in [7, 11) is 0. The molecule has 0 aliphatic heterocycles. The Kier molecular flexibility index (Phi) is 6.30. The molecule has 0 spiro atoms. The Balaban J connectivity index is 2.15. The van der Waals surface area contributed by atoms with Gasteiger partial charge in [0.05, 0.1) is 13.6 Å². The van der Waals surface area contributed by atoms with E-state index in [9.17, 15) is 4.79 Å². The minimum atomic E-state index is -0.829. The molecule has 0 fully saturated rings. The summed E-state index contributed by atoms with van der Waals surface area (Å²) < 4.78 is 8.75. The molecule has 0 saturated heterocycles. The fourth-order valence-electron chi connectivity index (χ4n) is 1.81. The number of hydrogen-bond donors (Lipinski definition) is 1. The summed E-state index contributed by atoms with van der Waals surface area (Å²) in [6, 6.07) is 11.7. The topological polar surface area (TPSA) is 46.5 Å². The van der Waals surface area contributed by atoms with E-state index >= 15 is 0 Å². The van der Waals surface area contributed by atoms with Crippen molar-refractivity contribution in [1.29, 1.82) is 0 Å². The van der Waals surface area contributed by atoms with Crippen LogP contribution in [0.2, 0.25) is 0 Å². The zero-order valence-corrected chi connectivity index (χ0v) is 16.7. The summed E-state index contributed by atoms with van der Waals surface area (Å²) in [6.07, 6.45) is 0.0257. The molecule has 0 saturated carbocycles. The Morgan fingerprint density at radius 2 is 1.81 bits per heavy atom. The van der Waals surface area contributed by atoms with Gasteiger partial charge in [0.2, 0.25) is 0 Å². The van der Waals surface area contributed by atoms with Gasteiger partial charge in [-0.2, -0.15) is 0 Å². The van der Waals surface area contributed by atoms with Gasteiger partial charge >= 0.3 is 5.97 Å². The Bertz CT molecular complexity index is 651. The second-order valence-corrected chi connectivity index (χ2v) is 7.62. The van der Waals surface area contributed by atoms with E-state index in [2.05, 4.69) is 61.1 Å². The zero-order valence-electron chi connectivity index (χ0n) is 10.8. The van der Waals surface area contributed by atoms with Crippen molar-refractivity contribution in [3.8, 4) is 5.75 Å². The third kappa shape index (κ3) is 5.10. The lowest BCUT2D eigenvalue weighted by Crippen LogP contribution is -2.03. The molecule has 2 rings (SSSR count). The fourth-order valence-corrected chi connectivity index (χ4v) is 4.46. The van der Waals surface area contributed by atoms with Crippen LogP contribution >= 0.6 is 61.1 Å². The average molecular weight is 573 g/mol. The number of carbonyl (C=O) groups is 1. The van der Waals surface area contributed by atoms with E-state index < -0.39 is 5.97 Å². The van der Waals surface area contributed by atoms with Gasteiger partial charge in [0.15, 0.2) is 0 Å². The van der Waals surface area contributed by atoms with Crippen LogP contribution in [0.1, 0.15) is 11.1 Å². The van der Waals surface area contributed by atoms with Gasteiger partial charge in [-0.1, -0.05) is 28.1 Å². The summed E-state index contributed by atoms with van der Waals surface area (Å²) >= 11 is 7.79. The summed E-state index contributed by atoms with van der Waals surface area (Å²) in [4.78, 5) is 10.8. The van der Waals surface area contributed by atoms with Crippen LogP contribution in [0.15, 0.2) is 40.9 Å². The molecule has 110 valence electrons. The van der Waals surface area contributed by atoms with Gasteiger partial charge in [0, 0.05) is 4.47 Å². The summed E-state index contributed by atoms with van der Waals surface area (Å²) in [5, 5.41) is 8.86. The third-order valence-corrected chi connectivity index (χ3v) is 4.78. The number of halogens is 3. The molecule has 21 heavy (non-hydrogen) atoms. The largest absolute Gasteiger partial charge is 0.487 e. The Hall–Kier alpha value is -0.350. The van der Waals surface area contributed by atoms with Gasteiger partial charge < -0.3 is 9.84 Å². The quantitative estimate of drug-likeness (QED) is 0.521. The van der Waals surface area contributed by atoms with Crippen molar-refractivity contribution in [3.05, 3.63) is 59.1 Å². The van der Waals surface area contributed by atoms with Crippen molar-refractivity contribution < 1.29 is 14.6 Å². The highest BCUT2D eigenvalue weighted by Gasteiger charge is 2.11. The van der Waals surface area contributed by atoms with Crippen LogP contribution in [0, 0.1) is 7.14 Å². The van der Waals surface area contributed by atoms with Gasteiger partial charge in [-0.15, -0.1) is 0 Å². The lowest BCUT2D eigenvalue weighted by atomic mass is 10.1. The summed E-state index contributed by atoms with van der Waals surface area (Å²) in [6.45, 7) is 0.476. The molecule has 0 aliphatic carbocycles. The molecular formula is C15H11BrI2O3. The van der Waals surface area contributed by atoms with Crippen molar-refractivity contribution in [2.24, 2.45) is 0 Å². The summed E-state index contributed by atoms with van der Waals surface area (Å²) in [5.74, 6) is -0.0327. The Morgan fingerprint density at radius 1 is 1.14 bits per heavy atom. The smallest absolute Gasteiger partial charge is 0.307 e. The fraction of sp³-hybridized carbons (Fsp3) is 0.133. The van der Waals surface area contributed by atoms with Crippen molar-refractivity contribution in [3.63, 3.8) is 0 Å². The second kappa shape index (κ2) is 7.77. The van der Waals surface area contributed by atoms with E-state index in [4.69, 9.17) is 9.84 Å². The molecule has 0 unspecified atom stereocenters. The highest BCUT2D eigenvalue weighted by Crippen LogP contribution is 2.30. The number of aliphatic carboxylic acids is 1. The number of rotatable bonds is 5. The van der Waals surface area contributed by atoms with Crippen LogP contribution in [0.4, 0.5) is 0 Å². The highest BCUT2D eigenvalue weighted by atomic mass is 127. The molecule has 0 aromatic heterocycles. The van der Waals surface area contributed by atoms with Crippen molar-refractivity contribution in [2.45, 2.75) is 13.0 Å². The van der Waals surface area contributed by atoms with E-state index in [0.29, 0.717) is 6.61 Å². The molecule has 3 nitrogen and oxygen atoms in total. The van der Waals surface area contributed by atoms with Gasteiger partial charge in [-0.05, 0) is 80.6 Å². The van der Waals surface area contributed by atoms with Gasteiger partial charge in [-0.3, -0.25) is 4.79 Å². The first-order valence-corrected chi connectivity index (χ1v) is 8.97. The maximum absolute atomic E-state index is 10.8. The van der Waals surface area contributed by atoms with E-state index in [0.717, 1.165) is 28.5 Å². The number of hydrogen-bond acceptors (Lipinski definition) is 2. The van der Waals surface area contributed by atoms with E-state index in [1.165, 1.54) is 0 Å². The van der Waals surface area contributed by atoms with Crippen LogP contribution in [0.3, 0.4) is 0 Å². The molecule has 0 atom stereocenters. The highest BCUT2D eigenvalue weighted by molar-refractivity contribution is 14.1. The van der Waals surface area contributed by atoms with Gasteiger partial charge in [0.1, 0.15) is 12.4 Å². The summed E-state index contributed by atoms with van der Waals surface area (Å²) in [5.41, 5.74) is 1.86. The number of ether oxygens (including phenoxy) is 1. The Labute approximate surface area is 158 Å². The second-order valence-electron chi connectivity index (χ2n) is 4.38.